The maximum atomic E-state index is 12.8. The molecule has 14 heavy (non-hydrogen) atoms. The van der Waals surface area contributed by atoms with Crippen LogP contribution in [-0.2, 0) is 9.09 Å². The molecule has 0 saturated carbocycles. The van der Waals surface area contributed by atoms with Gasteiger partial charge in [-0.1, -0.05) is 6.08 Å². The lowest BCUT2D eigenvalue weighted by atomic mass is 10.4. The first-order valence-corrected chi connectivity index (χ1v) is 6.23. The van der Waals surface area contributed by atoms with Crippen molar-refractivity contribution < 1.29 is 21.7 Å². The van der Waals surface area contributed by atoms with Crippen LogP contribution in [0.5, 0.6) is 0 Å². The lowest BCUT2D eigenvalue weighted by Crippen LogP contribution is -1.98. The van der Waals surface area contributed by atoms with Crippen molar-refractivity contribution in [1.82, 2.24) is 4.86 Å². The molecule has 0 radical (unpaired) electrons. The summed E-state index contributed by atoms with van der Waals surface area (Å²) in [5.74, 6) is -0.0670. The van der Waals surface area contributed by atoms with Crippen LogP contribution < -0.4 is 4.86 Å². The van der Waals surface area contributed by atoms with Gasteiger partial charge in [-0.2, -0.15) is 8.39 Å². The summed E-state index contributed by atoms with van der Waals surface area (Å²) in [6.45, 7) is 3.13. The highest BCUT2D eigenvalue weighted by atomic mass is 31.3. The maximum absolute atomic E-state index is 12.8. The molecular weight excluding hydrogens is 237 g/mol. The zero-order chi connectivity index (χ0) is 11.2. The summed E-state index contributed by atoms with van der Waals surface area (Å²) in [4.78, 5) is 0.966. The second-order valence-corrected chi connectivity index (χ2v) is 4.50. The third kappa shape index (κ3) is 6.19. The molecule has 0 aromatic carbocycles. The second kappa shape index (κ2) is 6.23. The largest absolute Gasteiger partial charge is 0.504 e. The Morgan fingerprint density at radius 2 is 2.07 bits per heavy atom. The van der Waals surface area contributed by atoms with Crippen LogP contribution in [0.3, 0.4) is 0 Å². The van der Waals surface area contributed by atoms with Crippen molar-refractivity contribution in [2.75, 3.05) is 0 Å². The average Bonchev–Trinajstić information content (AvgIpc) is 2.00. The van der Waals surface area contributed by atoms with Gasteiger partial charge in [-0.25, -0.2) is 4.57 Å². The molecule has 1 atom stereocenters. The average molecular weight is 247 g/mol. The van der Waals surface area contributed by atoms with Gasteiger partial charge in [0.05, 0.1) is 0 Å². The van der Waals surface area contributed by atoms with Crippen molar-refractivity contribution >= 4 is 16.5 Å². The Morgan fingerprint density at radius 1 is 1.50 bits per heavy atom. The SMILES string of the molecule is C/C=C\C(=C/C)OP(=O)(F)NP(F)F. The number of nitrogens with one attached hydrogen (secondary N) is 1. The summed E-state index contributed by atoms with van der Waals surface area (Å²) in [7, 11) is -8.74. The van der Waals surface area contributed by atoms with Gasteiger partial charge in [-0.15, -0.1) is 9.05 Å². The molecule has 1 unspecified atom stereocenters. The van der Waals surface area contributed by atoms with E-state index in [1.807, 2.05) is 0 Å². The van der Waals surface area contributed by atoms with Crippen LogP contribution in [0.15, 0.2) is 24.0 Å². The minimum absolute atomic E-state index is 0.0670. The highest BCUT2D eigenvalue weighted by molar-refractivity contribution is 7.64. The quantitative estimate of drug-likeness (QED) is 0.446. The molecule has 0 rings (SSSR count). The Labute approximate surface area is 81.7 Å². The van der Waals surface area contributed by atoms with Crippen molar-refractivity contribution in [3.05, 3.63) is 24.0 Å². The van der Waals surface area contributed by atoms with E-state index in [0.717, 1.165) is 4.86 Å². The first kappa shape index (κ1) is 13.7. The van der Waals surface area contributed by atoms with Gasteiger partial charge in [-0.3, -0.25) is 0 Å². The molecule has 82 valence electrons. The predicted octanol–water partition coefficient (Wildman–Crippen LogP) is 4.32. The molecule has 0 bridgehead atoms. The number of hydrogen-bond donors (Lipinski definition) is 1. The van der Waals surface area contributed by atoms with E-state index >= 15 is 0 Å². The Hall–Kier alpha value is -0.310. The van der Waals surface area contributed by atoms with E-state index in [-0.39, 0.29) is 5.76 Å². The predicted molar refractivity (Wildman–Crippen MR) is 50.6 cm³/mol. The lowest BCUT2D eigenvalue weighted by Gasteiger charge is -2.10. The van der Waals surface area contributed by atoms with E-state index < -0.39 is 16.5 Å². The molecule has 0 aliphatic rings. The van der Waals surface area contributed by atoms with Crippen molar-refractivity contribution in [2.24, 2.45) is 0 Å². The molecule has 0 heterocycles. The molecule has 0 aromatic rings. The number of rotatable bonds is 5. The Balaban J connectivity index is 4.41. The zero-order valence-electron chi connectivity index (χ0n) is 7.58. The molecule has 0 amide bonds. The third-order valence-electron chi connectivity index (χ3n) is 1.03. The Bertz CT molecular complexity index is 280. The smallest absolute Gasteiger partial charge is 0.410 e. The molecule has 0 saturated heterocycles. The van der Waals surface area contributed by atoms with Gasteiger partial charge < -0.3 is 4.52 Å². The van der Waals surface area contributed by atoms with E-state index in [1.165, 1.54) is 25.2 Å². The summed E-state index contributed by atoms with van der Waals surface area (Å²) < 4.78 is 51.1. The zero-order valence-corrected chi connectivity index (χ0v) is 9.37. The fourth-order valence-corrected chi connectivity index (χ4v) is 1.91. The molecule has 0 spiro atoms. The number of hydrogen-bond acceptors (Lipinski definition) is 2. The number of halogens is 3. The fourth-order valence-electron chi connectivity index (χ4n) is 0.590. The van der Waals surface area contributed by atoms with Crippen molar-refractivity contribution in [3.63, 3.8) is 0 Å². The molecule has 1 N–H and O–H groups in total. The monoisotopic (exact) mass is 247 g/mol. The van der Waals surface area contributed by atoms with Crippen LogP contribution in [-0.4, -0.2) is 0 Å². The third-order valence-corrected chi connectivity index (χ3v) is 3.04. The highest BCUT2D eigenvalue weighted by Crippen LogP contribution is 2.55. The van der Waals surface area contributed by atoms with E-state index in [1.54, 1.807) is 6.92 Å². The first-order chi connectivity index (χ1) is 6.41. The topological polar surface area (TPSA) is 38.3 Å². The molecule has 0 aromatic heterocycles. The summed E-state index contributed by atoms with van der Waals surface area (Å²) in [6.07, 6.45) is 4.13. The lowest BCUT2D eigenvalue weighted by molar-refractivity contribution is 0.370. The van der Waals surface area contributed by atoms with Crippen molar-refractivity contribution in [1.29, 1.82) is 0 Å². The maximum Gasteiger partial charge on any atom is 0.504 e. The molecular formula is C6H10F3NO2P2. The van der Waals surface area contributed by atoms with Crippen LogP contribution in [0.1, 0.15) is 13.8 Å². The van der Waals surface area contributed by atoms with Crippen LogP contribution >= 0.6 is 16.5 Å². The van der Waals surface area contributed by atoms with Gasteiger partial charge in [-0.05, 0) is 26.0 Å². The molecule has 0 aliphatic carbocycles. The first-order valence-electron chi connectivity index (χ1n) is 3.59. The standard InChI is InChI=1S/C6H10F3NO2P2/c1-3-5-6(4-2)12-14(9,11)10-13(7)8/h3-5H,1-2H3,(H,10,11)/b5-3-,6-4+. The van der Waals surface area contributed by atoms with Crippen molar-refractivity contribution in [3.8, 4) is 0 Å². The summed E-state index contributed by atoms with van der Waals surface area (Å²) in [5.41, 5.74) is 0. The van der Waals surface area contributed by atoms with Gasteiger partial charge >= 0.3 is 16.5 Å². The van der Waals surface area contributed by atoms with Crippen molar-refractivity contribution in [2.45, 2.75) is 13.8 Å². The van der Waals surface area contributed by atoms with E-state index in [9.17, 15) is 17.2 Å². The fraction of sp³-hybridized carbons (Fsp3) is 0.333. The molecule has 3 nitrogen and oxygen atoms in total. The summed E-state index contributed by atoms with van der Waals surface area (Å²) in [5, 5.41) is 0. The van der Waals surface area contributed by atoms with Crippen LogP contribution in [0.25, 0.3) is 0 Å². The normalized spacial score (nSPS) is 17.4. The van der Waals surface area contributed by atoms with Crippen LogP contribution in [0.2, 0.25) is 0 Å². The number of allylic oxidation sites excluding steroid dienone is 3. The molecule has 8 heteroatoms. The van der Waals surface area contributed by atoms with Gasteiger partial charge in [0, 0.05) is 0 Å². The summed E-state index contributed by atoms with van der Waals surface area (Å²) in [6, 6.07) is 0. The highest BCUT2D eigenvalue weighted by Gasteiger charge is 2.29. The Morgan fingerprint density at radius 3 is 2.43 bits per heavy atom. The van der Waals surface area contributed by atoms with Gasteiger partial charge in [0.25, 0.3) is 0 Å². The Kier molecular flexibility index (Phi) is 6.09. The van der Waals surface area contributed by atoms with E-state index in [4.69, 9.17) is 0 Å². The molecule has 0 aliphatic heterocycles. The molecule has 0 fully saturated rings. The minimum atomic E-state index is -4.94. The summed E-state index contributed by atoms with van der Waals surface area (Å²) >= 11 is 0. The second-order valence-electron chi connectivity index (χ2n) is 2.09. The van der Waals surface area contributed by atoms with Gasteiger partial charge in [0.1, 0.15) is 5.76 Å². The van der Waals surface area contributed by atoms with E-state index in [2.05, 4.69) is 4.52 Å². The van der Waals surface area contributed by atoms with Crippen LogP contribution in [0.4, 0.5) is 12.6 Å². The van der Waals surface area contributed by atoms with Crippen LogP contribution in [0, 0.1) is 0 Å². The minimum Gasteiger partial charge on any atom is -0.410 e. The van der Waals surface area contributed by atoms with Gasteiger partial charge in [0.15, 0.2) is 0 Å². The van der Waals surface area contributed by atoms with Gasteiger partial charge in [0.2, 0.25) is 0 Å². The van der Waals surface area contributed by atoms with E-state index in [0.29, 0.717) is 0 Å².